The van der Waals surface area contributed by atoms with Crippen molar-refractivity contribution in [3.8, 4) is 0 Å². The Morgan fingerprint density at radius 2 is 2.08 bits per heavy atom. The number of hydrogen-bond donors (Lipinski definition) is 0. The average molecular weight is 176 g/mol. The van der Waals surface area contributed by atoms with Crippen molar-refractivity contribution < 1.29 is 9.47 Å². The smallest absolute Gasteiger partial charge is 0.184 e. The van der Waals surface area contributed by atoms with E-state index < -0.39 is 0 Å². The summed E-state index contributed by atoms with van der Waals surface area (Å²) in [6.07, 6.45) is 1.58. The van der Waals surface area contributed by atoms with E-state index in [-0.39, 0.29) is 12.4 Å². The molecule has 1 heterocycles. The molecule has 68 valence electrons. The molecule has 2 atom stereocenters. The van der Waals surface area contributed by atoms with Gasteiger partial charge in [0.25, 0.3) is 0 Å². The lowest BCUT2D eigenvalue weighted by Gasteiger charge is -2.09. The molecule has 2 rings (SSSR count). The van der Waals surface area contributed by atoms with Gasteiger partial charge < -0.3 is 9.47 Å². The summed E-state index contributed by atoms with van der Waals surface area (Å²) in [4.78, 5) is 0. The first kappa shape index (κ1) is 8.48. The first-order chi connectivity index (χ1) is 6.40. The topological polar surface area (TPSA) is 18.5 Å². The molecule has 2 heteroatoms. The molecule has 0 aliphatic carbocycles. The summed E-state index contributed by atoms with van der Waals surface area (Å²) in [5.41, 5.74) is 1.06. The van der Waals surface area contributed by atoms with Crippen LogP contribution >= 0.6 is 0 Å². The van der Waals surface area contributed by atoms with Crippen molar-refractivity contribution in [2.75, 3.05) is 6.61 Å². The predicted molar refractivity (Wildman–Crippen MR) is 50.2 cm³/mol. The Hall–Kier alpha value is -1.12. The van der Waals surface area contributed by atoms with E-state index in [1.54, 1.807) is 6.08 Å². The second-order valence-corrected chi connectivity index (χ2v) is 2.99. The normalized spacial score (nSPS) is 27.4. The van der Waals surface area contributed by atoms with Crippen LogP contribution in [0.5, 0.6) is 0 Å². The van der Waals surface area contributed by atoms with E-state index in [9.17, 15) is 0 Å². The number of rotatable bonds is 2. The van der Waals surface area contributed by atoms with Gasteiger partial charge in [-0.2, -0.15) is 0 Å². The molecule has 1 unspecified atom stereocenters. The lowest BCUT2D eigenvalue weighted by molar-refractivity contribution is -0.0532. The van der Waals surface area contributed by atoms with Crippen LogP contribution in [0, 0.1) is 0 Å². The Labute approximate surface area is 77.8 Å². The second-order valence-electron chi connectivity index (χ2n) is 2.99. The van der Waals surface area contributed by atoms with Crippen LogP contribution in [0.3, 0.4) is 0 Å². The molecule has 0 N–H and O–H groups in total. The van der Waals surface area contributed by atoms with Gasteiger partial charge in [0.15, 0.2) is 6.29 Å². The predicted octanol–water partition coefficient (Wildman–Crippen LogP) is 2.29. The lowest BCUT2D eigenvalue weighted by Crippen LogP contribution is -2.04. The molecular weight excluding hydrogens is 164 g/mol. The van der Waals surface area contributed by atoms with Crippen molar-refractivity contribution in [1.29, 1.82) is 0 Å². The van der Waals surface area contributed by atoms with Crippen LogP contribution in [0.1, 0.15) is 11.9 Å². The van der Waals surface area contributed by atoms with E-state index in [0.717, 1.165) is 5.56 Å². The Morgan fingerprint density at radius 3 is 2.69 bits per heavy atom. The van der Waals surface area contributed by atoms with Crippen LogP contribution in [0.2, 0.25) is 0 Å². The molecule has 0 aromatic heterocycles. The highest BCUT2D eigenvalue weighted by Gasteiger charge is 2.24. The van der Waals surface area contributed by atoms with Crippen LogP contribution < -0.4 is 0 Å². The molecular formula is C11H12O2. The van der Waals surface area contributed by atoms with Gasteiger partial charge in [-0.15, -0.1) is 6.58 Å². The van der Waals surface area contributed by atoms with Crippen molar-refractivity contribution in [3.05, 3.63) is 48.6 Å². The monoisotopic (exact) mass is 176 g/mol. The zero-order valence-electron chi connectivity index (χ0n) is 7.35. The summed E-state index contributed by atoms with van der Waals surface area (Å²) in [6, 6.07) is 9.92. The molecule has 2 nitrogen and oxygen atoms in total. The summed E-state index contributed by atoms with van der Waals surface area (Å²) >= 11 is 0. The zero-order valence-corrected chi connectivity index (χ0v) is 7.35. The molecule has 1 aromatic carbocycles. The Morgan fingerprint density at radius 1 is 1.31 bits per heavy atom. The molecule has 0 spiro atoms. The third-order valence-electron chi connectivity index (χ3n) is 2.04. The van der Waals surface area contributed by atoms with Crippen molar-refractivity contribution in [1.82, 2.24) is 0 Å². The van der Waals surface area contributed by atoms with Crippen LogP contribution in [-0.4, -0.2) is 12.7 Å². The molecule has 1 aromatic rings. The minimum Gasteiger partial charge on any atom is -0.345 e. The maximum atomic E-state index is 5.56. The van der Waals surface area contributed by atoms with Gasteiger partial charge in [-0.05, 0) is 0 Å². The summed E-state index contributed by atoms with van der Waals surface area (Å²) < 4.78 is 11.0. The fourth-order valence-corrected chi connectivity index (χ4v) is 1.33. The standard InChI is InChI=1S/C11H12O2/c1-2-10-8-12-11(13-10)9-6-4-3-5-7-9/h2-7,10-11H,1,8H2/t10-,11?/m1/s1. The second kappa shape index (κ2) is 3.73. The lowest BCUT2D eigenvalue weighted by atomic mass is 10.2. The minimum atomic E-state index is -0.218. The first-order valence-corrected chi connectivity index (χ1v) is 4.34. The van der Waals surface area contributed by atoms with E-state index in [4.69, 9.17) is 9.47 Å². The third-order valence-corrected chi connectivity index (χ3v) is 2.04. The maximum absolute atomic E-state index is 5.56. The van der Waals surface area contributed by atoms with Crippen molar-refractivity contribution >= 4 is 0 Å². The highest BCUT2D eigenvalue weighted by Crippen LogP contribution is 2.26. The molecule has 0 radical (unpaired) electrons. The SMILES string of the molecule is C=C[C@@H]1COC(c2ccccc2)O1. The maximum Gasteiger partial charge on any atom is 0.184 e. The van der Waals surface area contributed by atoms with E-state index in [1.807, 2.05) is 30.3 Å². The van der Waals surface area contributed by atoms with Gasteiger partial charge in [0.2, 0.25) is 0 Å². The summed E-state index contributed by atoms with van der Waals surface area (Å²) in [7, 11) is 0. The van der Waals surface area contributed by atoms with E-state index in [2.05, 4.69) is 6.58 Å². The van der Waals surface area contributed by atoms with Crippen molar-refractivity contribution in [3.63, 3.8) is 0 Å². The van der Waals surface area contributed by atoms with Crippen LogP contribution in [0.4, 0.5) is 0 Å². The Bertz CT molecular complexity index is 281. The van der Waals surface area contributed by atoms with Crippen LogP contribution in [-0.2, 0) is 9.47 Å². The number of ether oxygens (including phenoxy) is 2. The fourth-order valence-electron chi connectivity index (χ4n) is 1.33. The van der Waals surface area contributed by atoms with Gasteiger partial charge in [-0.1, -0.05) is 36.4 Å². The van der Waals surface area contributed by atoms with Gasteiger partial charge >= 0.3 is 0 Å². The molecule has 0 bridgehead atoms. The van der Waals surface area contributed by atoms with Gasteiger partial charge in [-0.25, -0.2) is 0 Å². The third kappa shape index (κ3) is 1.79. The molecule has 1 aliphatic rings. The zero-order chi connectivity index (χ0) is 9.10. The van der Waals surface area contributed by atoms with E-state index in [1.165, 1.54) is 0 Å². The van der Waals surface area contributed by atoms with Crippen molar-refractivity contribution in [2.45, 2.75) is 12.4 Å². The molecule has 0 saturated carbocycles. The van der Waals surface area contributed by atoms with Gasteiger partial charge in [0, 0.05) is 5.56 Å². The Kier molecular flexibility index (Phi) is 2.43. The summed E-state index contributed by atoms with van der Waals surface area (Å²) in [5.74, 6) is 0. The minimum absolute atomic E-state index is 0.0326. The van der Waals surface area contributed by atoms with Crippen LogP contribution in [0.15, 0.2) is 43.0 Å². The van der Waals surface area contributed by atoms with Crippen molar-refractivity contribution in [2.24, 2.45) is 0 Å². The van der Waals surface area contributed by atoms with Gasteiger partial charge in [0.1, 0.15) is 6.10 Å². The molecule has 1 saturated heterocycles. The number of benzene rings is 1. The van der Waals surface area contributed by atoms with Gasteiger partial charge in [0.05, 0.1) is 6.61 Å². The molecule has 1 aliphatic heterocycles. The van der Waals surface area contributed by atoms with E-state index >= 15 is 0 Å². The molecule has 0 amide bonds. The largest absolute Gasteiger partial charge is 0.345 e. The first-order valence-electron chi connectivity index (χ1n) is 4.34. The molecule has 13 heavy (non-hydrogen) atoms. The quantitative estimate of drug-likeness (QED) is 0.643. The van der Waals surface area contributed by atoms with Crippen LogP contribution in [0.25, 0.3) is 0 Å². The Balaban J connectivity index is 2.08. The van der Waals surface area contributed by atoms with Gasteiger partial charge in [-0.3, -0.25) is 0 Å². The summed E-state index contributed by atoms with van der Waals surface area (Å²) in [5, 5.41) is 0. The highest BCUT2D eigenvalue weighted by molar-refractivity contribution is 5.16. The fraction of sp³-hybridized carbons (Fsp3) is 0.273. The molecule has 1 fully saturated rings. The highest BCUT2D eigenvalue weighted by atomic mass is 16.7. The summed E-state index contributed by atoms with van der Waals surface area (Å²) in [6.45, 7) is 4.27. The van der Waals surface area contributed by atoms with E-state index in [0.29, 0.717) is 6.61 Å². The average Bonchev–Trinajstić information content (AvgIpc) is 2.67. The number of hydrogen-bond acceptors (Lipinski definition) is 2.